The molecule has 0 saturated heterocycles. The smallest absolute Gasteiger partial charge is 0.0480 e. The zero-order valence-corrected chi connectivity index (χ0v) is 10.3. The normalized spacial score (nSPS) is 12.6. The maximum atomic E-state index is 5.49. The van der Waals surface area contributed by atoms with Gasteiger partial charge in [-0.3, -0.25) is 4.98 Å². The Morgan fingerprint density at radius 1 is 1.38 bits per heavy atom. The van der Waals surface area contributed by atoms with Gasteiger partial charge in [0.15, 0.2) is 0 Å². The summed E-state index contributed by atoms with van der Waals surface area (Å²) in [4.78, 5) is 4.33. The molecule has 0 aliphatic heterocycles. The number of aromatic nitrogens is 1. The van der Waals surface area contributed by atoms with Crippen molar-refractivity contribution in [3.63, 3.8) is 0 Å². The van der Waals surface area contributed by atoms with Crippen LogP contribution in [0.3, 0.4) is 0 Å². The molecule has 0 aliphatic rings. The van der Waals surface area contributed by atoms with Crippen LogP contribution in [0.5, 0.6) is 0 Å². The molecule has 3 nitrogen and oxygen atoms in total. The molecule has 0 fully saturated rings. The number of rotatable bonds is 8. The molecule has 0 amide bonds. The molecule has 90 valence electrons. The summed E-state index contributed by atoms with van der Waals surface area (Å²) in [5.74, 6) is 0. The van der Waals surface area contributed by atoms with Crippen molar-refractivity contribution in [2.24, 2.45) is 0 Å². The third-order valence-electron chi connectivity index (χ3n) is 2.55. The molecule has 1 aromatic rings. The summed E-state index contributed by atoms with van der Waals surface area (Å²) in [7, 11) is 1.99. The van der Waals surface area contributed by atoms with Crippen LogP contribution in [0.15, 0.2) is 24.4 Å². The molecule has 0 spiro atoms. The molecule has 3 heteroatoms. The lowest BCUT2D eigenvalue weighted by Crippen LogP contribution is -2.29. The third kappa shape index (κ3) is 5.24. The van der Waals surface area contributed by atoms with Gasteiger partial charge in [0.1, 0.15) is 0 Å². The van der Waals surface area contributed by atoms with E-state index in [4.69, 9.17) is 4.74 Å². The van der Waals surface area contributed by atoms with E-state index in [1.165, 1.54) is 0 Å². The third-order valence-corrected chi connectivity index (χ3v) is 2.55. The first-order valence-electron chi connectivity index (χ1n) is 6.01. The number of pyridine rings is 1. The Hall–Kier alpha value is -0.930. The number of nitrogens with one attached hydrogen (secondary N) is 1. The zero-order valence-electron chi connectivity index (χ0n) is 10.3. The largest absolute Gasteiger partial charge is 0.381 e. The Morgan fingerprint density at radius 3 is 2.88 bits per heavy atom. The maximum Gasteiger partial charge on any atom is 0.0480 e. The van der Waals surface area contributed by atoms with E-state index >= 15 is 0 Å². The van der Waals surface area contributed by atoms with Crippen molar-refractivity contribution < 1.29 is 4.74 Å². The van der Waals surface area contributed by atoms with E-state index in [1.807, 2.05) is 25.4 Å². The summed E-state index contributed by atoms with van der Waals surface area (Å²) < 4.78 is 5.49. The first kappa shape index (κ1) is 13.1. The number of likely N-dealkylation sites (N-methyl/N-ethyl adjacent to an activating group) is 1. The first-order valence-corrected chi connectivity index (χ1v) is 6.01. The molecule has 1 atom stereocenters. The summed E-state index contributed by atoms with van der Waals surface area (Å²) in [6.45, 7) is 3.82. The molecule has 1 aromatic heterocycles. The van der Waals surface area contributed by atoms with E-state index in [-0.39, 0.29) is 0 Å². The molecule has 1 unspecified atom stereocenters. The predicted molar refractivity (Wildman–Crippen MR) is 66.5 cm³/mol. The van der Waals surface area contributed by atoms with Gasteiger partial charge in [-0.1, -0.05) is 13.0 Å². The second-order valence-electron chi connectivity index (χ2n) is 3.91. The van der Waals surface area contributed by atoms with Crippen LogP contribution in [0.2, 0.25) is 0 Å². The van der Waals surface area contributed by atoms with Crippen LogP contribution >= 0.6 is 0 Å². The number of ether oxygens (including phenoxy) is 1. The van der Waals surface area contributed by atoms with E-state index in [0.29, 0.717) is 6.04 Å². The van der Waals surface area contributed by atoms with Crippen LogP contribution in [-0.4, -0.2) is 31.3 Å². The van der Waals surface area contributed by atoms with Gasteiger partial charge in [0.25, 0.3) is 0 Å². The summed E-state index contributed by atoms with van der Waals surface area (Å²) in [5.41, 5.74) is 1.14. The fourth-order valence-electron chi connectivity index (χ4n) is 1.59. The van der Waals surface area contributed by atoms with Gasteiger partial charge >= 0.3 is 0 Å². The lowest BCUT2D eigenvalue weighted by Gasteiger charge is -2.15. The maximum absolute atomic E-state index is 5.49. The van der Waals surface area contributed by atoms with Gasteiger partial charge in [-0.15, -0.1) is 0 Å². The molecule has 1 rings (SSSR count). The second kappa shape index (κ2) is 8.25. The van der Waals surface area contributed by atoms with E-state index < -0.39 is 0 Å². The molecular weight excluding hydrogens is 200 g/mol. The van der Waals surface area contributed by atoms with Gasteiger partial charge < -0.3 is 10.1 Å². The van der Waals surface area contributed by atoms with Crippen LogP contribution in [0.25, 0.3) is 0 Å². The molecule has 0 aliphatic carbocycles. The Morgan fingerprint density at radius 2 is 2.25 bits per heavy atom. The lowest BCUT2D eigenvalue weighted by molar-refractivity contribution is 0.125. The molecule has 0 bridgehead atoms. The second-order valence-corrected chi connectivity index (χ2v) is 3.91. The minimum absolute atomic E-state index is 0.451. The van der Waals surface area contributed by atoms with Crippen molar-refractivity contribution >= 4 is 0 Å². The standard InChI is InChI=1S/C13H22N2O/c1-3-9-16-10-7-12(14-2)11-13-6-4-5-8-15-13/h4-6,8,12,14H,3,7,9-11H2,1-2H3. The summed E-state index contributed by atoms with van der Waals surface area (Å²) >= 11 is 0. The topological polar surface area (TPSA) is 34.1 Å². The lowest BCUT2D eigenvalue weighted by atomic mass is 10.1. The van der Waals surface area contributed by atoms with Crippen molar-refractivity contribution in [1.82, 2.24) is 10.3 Å². The van der Waals surface area contributed by atoms with Gasteiger partial charge in [-0.25, -0.2) is 0 Å². The van der Waals surface area contributed by atoms with Gasteiger partial charge in [0.2, 0.25) is 0 Å². The quantitative estimate of drug-likeness (QED) is 0.683. The highest BCUT2D eigenvalue weighted by Crippen LogP contribution is 2.03. The Bertz CT molecular complexity index is 264. The Balaban J connectivity index is 2.26. The van der Waals surface area contributed by atoms with E-state index in [1.54, 1.807) is 0 Å². The molecule has 1 N–H and O–H groups in total. The van der Waals surface area contributed by atoms with Crippen molar-refractivity contribution in [2.45, 2.75) is 32.2 Å². The van der Waals surface area contributed by atoms with Crippen molar-refractivity contribution in [3.05, 3.63) is 30.1 Å². The van der Waals surface area contributed by atoms with E-state index in [9.17, 15) is 0 Å². The number of nitrogens with zero attached hydrogens (tertiary/aromatic N) is 1. The van der Waals surface area contributed by atoms with Crippen LogP contribution < -0.4 is 5.32 Å². The van der Waals surface area contributed by atoms with Crippen LogP contribution in [0, 0.1) is 0 Å². The number of hydrogen-bond donors (Lipinski definition) is 1. The van der Waals surface area contributed by atoms with Crippen LogP contribution in [0.1, 0.15) is 25.5 Å². The van der Waals surface area contributed by atoms with Crippen molar-refractivity contribution in [2.75, 3.05) is 20.3 Å². The fraction of sp³-hybridized carbons (Fsp3) is 0.615. The monoisotopic (exact) mass is 222 g/mol. The summed E-state index contributed by atoms with van der Waals surface area (Å²) in [6.07, 6.45) is 4.93. The number of hydrogen-bond acceptors (Lipinski definition) is 3. The summed E-state index contributed by atoms with van der Waals surface area (Å²) in [5, 5.41) is 3.31. The molecule has 16 heavy (non-hydrogen) atoms. The van der Waals surface area contributed by atoms with E-state index in [0.717, 1.165) is 38.2 Å². The molecule has 1 heterocycles. The Labute approximate surface area is 98.2 Å². The van der Waals surface area contributed by atoms with E-state index in [2.05, 4.69) is 23.3 Å². The van der Waals surface area contributed by atoms with Crippen molar-refractivity contribution in [3.8, 4) is 0 Å². The highest BCUT2D eigenvalue weighted by atomic mass is 16.5. The van der Waals surface area contributed by atoms with Gasteiger partial charge in [0, 0.05) is 37.6 Å². The molecule has 0 radical (unpaired) electrons. The van der Waals surface area contributed by atoms with Gasteiger partial charge in [-0.05, 0) is 32.0 Å². The SMILES string of the molecule is CCCOCCC(Cc1ccccn1)NC. The van der Waals surface area contributed by atoms with Gasteiger partial charge in [-0.2, -0.15) is 0 Å². The fourth-order valence-corrected chi connectivity index (χ4v) is 1.59. The molecule has 0 saturated carbocycles. The highest BCUT2D eigenvalue weighted by molar-refractivity contribution is 5.05. The Kier molecular flexibility index (Phi) is 6.77. The van der Waals surface area contributed by atoms with Crippen molar-refractivity contribution in [1.29, 1.82) is 0 Å². The van der Waals surface area contributed by atoms with Crippen LogP contribution in [-0.2, 0) is 11.2 Å². The van der Waals surface area contributed by atoms with Crippen LogP contribution in [0.4, 0.5) is 0 Å². The zero-order chi connectivity index (χ0) is 11.6. The molecular formula is C13H22N2O. The summed E-state index contributed by atoms with van der Waals surface area (Å²) in [6, 6.07) is 6.49. The first-order chi connectivity index (χ1) is 7.86. The minimum Gasteiger partial charge on any atom is -0.381 e. The minimum atomic E-state index is 0.451. The average molecular weight is 222 g/mol. The molecule has 0 aromatic carbocycles. The van der Waals surface area contributed by atoms with Gasteiger partial charge in [0.05, 0.1) is 0 Å². The average Bonchev–Trinajstić information content (AvgIpc) is 2.34. The highest BCUT2D eigenvalue weighted by Gasteiger charge is 2.07. The predicted octanol–water partition coefficient (Wildman–Crippen LogP) is 2.03.